The Morgan fingerprint density at radius 2 is 2.05 bits per heavy atom. The van der Waals surface area contributed by atoms with Crippen LogP contribution in [-0.2, 0) is 29.1 Å². The van der Waals surface area contributed by atoms with Crippen LogP contribution in [0.15, 0.2) is 6.07 Å². The first-order chi connectivity index (χ1) is 9.39. The number of carbonyl (C=O) groups excluding carboxylic acids is 2. The van der Waals surface area contributed by atoms with Gasteiger partial charge in [0.25, 0.3) is 0 Å². The van der Waals surface area contributed by atoms with Crippen LogP contribution < -0.4 is 5.32 Å². The molecule has 2 heterocycles. The van der Waals surface area contributed by atoms with Gasteiger partial charge in [0.1, 0.15) is 0 Å². The van der Waals surface area contributed by atoms with E-state index in [0.717, 1.165) is 24.4 Å². The predicted molar refractivity (Wildman–Crippen MR) is 74.9 cm³/mol. The predicted octanol–water partition coefficient (Wildman–Crippen LogP) is 0.702. The number of imide groups is 1. The van der Waals surface area contributed by atoms with Crippen molar-refractivity contribution in [3.8, 4) is 0 Å². The Morgan fingerprint density at radius 3 is 2.65 bits per heavy atom. The van der Waals surface area contributed by atoms with Gasteiger partial charge in [-0.15, -0.1) is 0 Å². The van der Waals surface area contributed by atoms with E-state index in [1.165, 1.54) is 4.90 Å². The van der Waals surface area contributed by atoms with Gasteiger partial charge in [0.2, 0.25) is 11.8 Å². The summed E-state index contributed by atoms with van der Waals surface area (Å²) in [7, 11) is 0. The average Bonchev–Trinajstić information content (AvgIpc) is 2.82. The largest absolute Gasteiger partial charge is 0.295 e. The first kappa shape index (κ1) is 14.7. The second-order valence-electron chi connectivity index (χ2n) is 5.56. The number of nitrogens with zero attached hydrogens (tertiary/aromatic N) is 3. The van der Waals surface area contributed by atoms with Crippen molar-refractivity contribution in [2.45, 2.75) is 52.7 Å². The van der Waals surface area contributed by atoms with E-state index in [9.17, 15) is 9.59 Å². The summed E-state index contributed by atoms with van der Waals surface area (Å²) >= 11 is 0. The molecule has 0 saturated carbocycles. The first-order valence-corrected chi connectivity index (χ1v) is 7.04. The molecule has 0 unspecified atom stereocenters. The van der Waals surface area contributed by atoms with Crippen LogP contribution in [0.5, 0.6) is 0 Å². The molecule has 110 valence electrons. The summed E-state index contributed by atoms with van der Waals surface area (Å²) in [4.78, 5) is 25.7. The van der Waals surface area contributed by atoms with Gasteiger partial charge >= 0.3 is 0 Å². The van der Waals surface area contributed by atoms with Gasteiger partial charge in [-0.3, -0.25) is 24.5 Å². The molecule has 2 amide bonds. The van der Waals surface area contributed by atoms with Gasteiger partial charge in [0.05, 0.1) is 30.0 Å². The molecule has 0 atom stereocenters. The van der Waals surface area contributed by atoms with E-state index in [1.807, 2.05) is 24.6 Å². The summed E-state index contributed by atoms with van der Waals surface area (Å²) in [6.45, 7) is 8.85. The van der Waals surface area contributed by atoms with Crippen LogP contribution in [0.2, 0.25) is 0 Å². The molecule has 0 aliphatic carbocycles. The highest BCUT2D eigenvalue weighted by molar-refractivity contribution is 6.02. The van der Waals surface area contributed by atoms with Crippen LogP contribution in [0.3, 0.4) is 0 Å². The molecule has 1 fully saturated rings. The smallest absolute Gasteiger partial charge is 0.249 e. The van der Waals surface area contributed by atoms with Crippen LogP contribution in [0.25, 0.3) is 0 Å². The zero-order chi connectivity index (χ0) is 14.9. The molecule has 6 nitrogen and oxygen atoms in total. The van der Waals surface area contributed by atoms with Crippen LogP contribution >= 0.6 is 0 Å². The highest BCUT2D eigenvalue weighted by atomic mass is 16.2. The topological polar surface area (TPSA) is 67.2 Å². The van der Waals surface area contributed by atoms with Crippen molar-refractivity contribution < 1.29 is 9.59 Å². The van der Waals surface area contributed by atoms with Crippen molar-refractivity contribution >= 4 is 11.8 Å². The number of carbonyl (C=O) groups is 2. The highest BCUT2D eigenvalue weighted by Crippen LogP contribution is 2.17. The molecule has 20 heavy (non-hydrogen) atoms. The zero-order valence-corrected chi connectivity index (χ0v) is 12.6. The fourth-order valence-electron chi connectivity index (χ4n) is 2.33. The lowest BCUT2D eigenvalue weighted by atomic mass is 10.0. The van der Waals surface area contributed by atoms with Crippen LogP contribution in [0.4, 0.5) is 0 Å². The second kappa shape index (κ2) is 5.36. The lowest BCUT2D eigenvalue weighted by Gasteiger charge is -2.36. The third kappa shape index (κ3) is 2.60. The van der Waals surface area contributed by atoms with E-state index in [0.29, 0.717) is 6.54 Å². The quantitative estimate of drug-likeness (QED) is 0.823. The summed E-state index contributed by atoms with van der Waals surface area (Å²) in [6, 6.07) is 1.97. The minimum atomic E-state index is -0.696. The Morgan fingerprint density at radius 1 is 1.35 bits per heavy atom. The summed E-state index contributed by atoms with van der Waals surface area (Å²) < 4.78 is 1.86. The fraction of sp³-hybridized carbons (Fsp3) is 0.643. The van der Waals surface area contributed by atoms with Crippen LogP contribution in [0, 0.1) is 0 Å². The minimum Gasteiger partial charge on any atom is -0.295 e. The van der Waals surface area contributed by atoms with Crippen molar-refractivity contribution in [2.75, 3.05) is 6.54 Å². The van der Waals surface area contributed by atoms with Crippen molar-refractivity contribution in [3.05, 3.63) is 17.5 Å². The summed E-state index contributed by atoms with van der Waals surface area (Å²) in [5.74, 6) is -0.369. The third-order valence-corrected chi connectivity index (χ3v) is 3.66. The van der Waals surface area contributed by atoms with E-state index < -0.39 is 5.54 Å². The van der Waals surface area contributed by atoms with E-state index in [4.69, 9.17) is 0 Å². The Bertz CT molecular complexity index is 533. The van der Waals surface area contributed by atoms with E-state index in [1.54, 1.807) is 13.8 Å². The standard InChI is InChI=1S/C14H22N4O2/c1-5-10-7-11(18(6-2)16-10)9-17-12(19)8-15-14(3,4)13(17)20/h7,15H,5-6,8-9H2,1-4H3. The van der Waals surface area contributed by atoms with Gasteiger partial charge in [0, 0.05) is 6.54 Å². The molecule has 6 heteroatoms. The van der Waals surface area contributed by atoms with Gasteiger partial charge < -0.3 is 0 Å². The maximum Gasteiger partial charge on any atom is 0.249 e. The van der Waals surface area contributed by atoms with Gasteiger partial charge in [-0.25, -0.2) is 0 Å². The van der Waals surface area contributed by atoms with Gasteiger partial charge in [-0.05, 0) is 33.3 Å². The number of piperazine rings is 1. The zero-order valence-electron chi connectivity index (χ0n) is 12.6. The third-order valence-electron chi connectivity index (χ3n) is 3.66. The molecule has 1 N–H and O–H groups in total. The van der Waals surface area contributed by atoms with E-state index in [2.05, 4.69) is 10.4 Å². The number of amides is 2. The average molecular weight is 278 g/mol. The molecule has 0 bridgehead atoms. The van der Waals surface area contributed by atoms with Crippen LogP contribution in [0.1, 0.15) is 39.1 Å². The number of rotatable bonds is 4. The minimum absolute atomic E-state index is 0.184. The monoisotopic (exact) mass is 278 g/mol. The molecule has 2 rings (SSSR count). The van der Waals surface area contributed by atoms with Crippen molar-refractivity contribution in [2.24, 2.45) is 0 Å². The lowest BCUT2D eigenvalue weighted by Crippen LogP contribution is -2.63. The van der Waals surface area contributed by atoms with Crippen molar-refractivity contribution in [1.29, 1.82) is 0 Å². The Kier molecular flexibility index (Phi) is 3.94. The van der Waals surface area contributed by atoms with Gasteiger partial charge in [-0.1, -0.05) is 6.92 Å². The lowest BCUT2D eigenvalue weighted by molar-refractivity contribution is -0.153. The number of aromatic nitrogens is 2. The summed E-state index contributed by atoms with van der Waals surface area (Å²) in [5.41, 5.74) is 1.19. The number of aryl methyl sites for hydroxylation is 2. The maximum atomic E-state index is 12.4. The van der Waals surface area contributed by atoms with Gasteiger partial charge in [0.15, 0.2) is 0 Å². The van der Waals surface area contributed by atoms with E-state index in [-0.39, 0.29) is 18.4 Å². The molecule has 0 radical (unpaired) electrons. The Hall–Kier alpha value is -1.69. The summed E-state index contributed by atoms with van der Waals surface area (Å²) in [5, 5.41) is 7.41. The normalized spacial score (nSPS) is 18.7. The molecule has 1 aliphatic heterocycles. The van der Waals surface area contributed by atoms with E-state index >= 15 is 0 Å². The molecule has 0 aromatic carbocycles. The molecular weight excluding hydrogens is 256 g/mol. The molecule has 1 saturated heterocycles. The Labute approximate surface area is 119 Å². The molecule has 1 aromatic rings. The highest BCUT2D eigenvalue weighted by Gasteiger charge is 2.40. The molecular formula is C14H22N4O2. The second-order valence-corrected chi connectivity index (χ2v) is 5.56. The molecule has 1 aliphatic rings. The van der Waals surface area contributed by atoms with Crippen molar-refractivity contribution in [1.82, 2.24) is 20.0 Å². The number of hydrogen-bond acceptors (Lipinski definition) is 4. The maximum absolute atomic E-state index is 12.4. The fourth-order valence-corrected chi connectivity index (χ4v) is 2.33. The Balaban J connectivity index is 2.25. The van der Waals surface area contributed by atoms with Gasteiger partial charge in [-0.2, -0.15) is 5.10 Å². The number of nitrogens with one attached hydrogen (secondary N) is 1. The molecule has 1 aromatic heterocycles. The van der Waals surface area contributed by atoms with Crippen molar-refractivity contribution in [3.63, 3.8) is 0 Å². The number of hydrogen-bond donors (Lipinski definition) is 1. The summed E-state index contributed by atoms with van der Waals surface area (Å²) in [6.07, 6.45) is 0.842. The van der Waals surface area contributed by atoms with Crippen LogP contribution in [-0.4, -0.2) is 38.6 Å². The molecule has 0 spiro atoms. The SMILES string of the molecule is CCc1cc(CN2C(=O)CNC(C)(C)C2=O)n(CC)n1. The first-order valence-electron chi connectivity index (χ1n) is 7.04.